The zero-order valence-corrected chi connectivity index (χ0v) is 9.38. The van der Waals surface area contributed by atoms with Gasteiger partial charge < -0.3 is 0 Å². The fourth-order valence-electron chi connectivity index (χ4n) is 1.78. The van der Waals surface area contributed by atoms with Gasteiger partial charge in [0.25, 0.3) is 5.78 Å². The van der Waals surface area contributed by atoms with Gasteiger partial charge in [0.15, 0.2) is 0 Å². The third-order valence-electron chi connectivity index (χ3n) is 2.63. The van der Waals surface area contributed by atoms with Crippen LogP contribution in [-0.4, -0.2) is 19.6 Å². The standard InChI is InChI=1S/C12H5F2N5/c13-9-3-7(4-10(14)8(9)5-15)11-1-2-16-12-17-6-18-19(11)12/h1-4,6H. The highest BCUT2D eigenvalue weighted by atomic mass is 19.1. The highest BCUT2D eigenvalue weighted by molar-refractivity contribution is 5.62. The number of hydrogen-bond acceptors (Lipinski definition) is 4. The van der Waals surface area contributed by atoms with Gasteiger partial charge in [0, 0.05) is 11.8 Å². The van der Waals surface area contributed by atoms with Crippen molar-refractivity contribution in [2.24, 2.45) is 0 Å². The van der Waals surface area contributed by atoms with Gasteiger partial charge in [-0.05, 0) is 18.2 Å². The van der Waals surface area contributed by atoms with E-state index in [1.165, 1.54) is 23.1 Å². The number of rotatable bonds is 1. The summed E-state index contributed by atoms with van der Waals surface area (Å²) >= 11 is 0. The molecule has 3 aromatic rings. The first-order valence-corrected chi connectivity index (χ1v) is 5.25. The van der Waals surface area contributed by atoms with Gasteiger partial charge in [-0.25, -0.2) is 13.8 Å². The minimum Gasteiger partial charge on any atom is -0.220 e. The Kier molecular flexibility index (Phi) is 2.42. The molecule has 7 heteroatoms. The van der Waals surface area contributed by atoms with Gasteiger partial charge >= 0.3 is 0 Å². The number of aromatic nitrogens is 4. The zero-order chi connectivity index (χ0) is 13.4. The van der Waals surface area contributed by atoms with Crippen molar-refractivity contribution in [3.8, 4) is 17.3 Å². The molecule has 0 aliphatic heterocycles. The van der Waals surface area contributed by atoms with Crippen molar-refractivity contribution in [2.45, 2.75) is 0 Å². The van der Waals surface area contributed by atoms with Crippen molar-refractivity contribution >= 4 is 5.78 Å². The monoisotopic (exact) mass is 257 g/mol. The number of halogens is 2. The fourth-order valence-corrected chi connectivity index (χ4v) is 1.78. The van der Waals surface area contributed by atoms with E-state index < -0.39 is 17.2 Å². The minimum atomic E-state index is -0.914. The topological polar surface area (TPSA) is 66.9 Å². The molecule has 0 aliphatic carbocycles. The molecule has 0 radical (unpaired) electrons. The van der Waals surface area contributed by atoms with Crippen LogP contribution in [-0.2, 0) is 0 Å². The predicted octanol–water partition coefficient (Wildman–Crippen LogP) is 1.94. The molecular weight excluding hydrogens is 252 g/mol. The van der Waals surface area contributed by atoms with E-state index >= 15 is 0 Å². The molecule has 0 bridgehead atoms. The molecule has 0 N–H and O–H groups in total. The molecule has 1 aromatic carbocycles. The maximum atomic E-state index is 13.6. The summed E-state index contributed by atoms with van der Waals surface area (Å²) < 4.78 is 28.6. The van der Waals surface area contributed by atoms with Crippen molar-refractivity contribution in [1.29, 1.82) is 5.26 Å². The zero-order valence-electron chi connectivity index (χ0n) is 9.38. The lowest BCUT2D eigenvalue weighted by Gasteiger charge is -2.05. The van der Waals surface area contributed by atoms with Crippen LogP contribution in [0.3, 0.4) is 0 Å². The first kappa shape index (κ1) is 11.2. The Morgan fingerprint density at radius 3 is 2.58 bits per heavy atom. The Morgan fingerprint density at radius 2 is 1.89 bits per heavy atom. The summed E-state index contributed by atoms with van der Waals surface area (Å²) in [5.74, 6) is -1.51. The first-order valence-electron chi connectivity index (χ1n) is 5.25. The highest BCUT2D eigenvalue weighted by Gasteiger charge is 2.14. The molecule has 19 heavy (non-hydrogen) atoms. The Hall–Kier alpha value is -2.88. The van der Waals surface area contributed by atoms with Gasteiger partial charge in [0.05, 0.1) is 5.69 Å². The summed E-state index contributed by atoms with van der Waals surface area (Å²) in [4.78, 5) is 7.84. The van der Waals surface area contributed by atoms with Crippen LogP contribution in [0.5, 0.6) is 0 Å². The van der Waals surface area contributed by atoms with E-state index in [0.717, 1.165) is 12.1 Å². The Morgan fingerprint density at radius 1 is 1.16 bits per heavy atom. The highest BCUT2D eigenvalue weighted by Crippen LogP contribution is 2.23. The molecular formula is C12H5F2N5. The van der Waals surface area contributed by atoms with Crippen LogP contribution in [0.4, 0.5) is 8.78 Å². The van der Waals surface area contributed by atoms with Crippen LogP contribution >= 0.6 is 0 Å². The second-order valence-corrected chi connectivity index (χ2v) is 3.73. The minimum absolute atomic E-state index is 0.256. The van der Waals surface area contributed by atoms with Crippen LogP contribution in [0, 0.1) is 23.0 Å². The summed E-state index contributed by atoms with van der Waals surface area (Å²) in [7, 11) is 0. The van der Waals surface area contributed by atoms with Crippen LogP contribution in [0.25, 0.3) is 17.0 Å². The fraction of sp³-hybridized carbons (Fsp3) is 0. The molecule has 0 spiro atoms. The van der Waals surface area contributed by atoms with Gasteiger partial charge in [0.1, 0.15) is 29.6 Å². The number of benzene rings is 1. The van der Waals surface area contributed by atoms with E-state index in [1.54, 1.807) is 6.07 Å². The molecule has 0 fully saturated rings. The lowest BCUT2D eigenvalue weighted by Crippen LogP contribution is -1.98. The van der Waals surface area contributed by atoms with E-state index in [0.29, 0.717) is 11.5 Å². The quantitative estimate of drug-likeness (QED) is 0.668. The summed E-state index contributed by atoms with van der Waals surface area (Å²) in [6.07, 6.45) is 2.76. The molecule has 2 aromatic heterocycles. The maximum absolute atomic E-state index is 13.6. The molecule has 3 rings (SSSR count). The van der Waals surface area contributed by atoms with Crippen molar-refractivity contribution < 1.29 is 8.78 Å². The Balaban J connectivity index is 2.28. The molecule has 0 amide bonds. The Bertz CT molecular complexity index is 795. The van der Waals surface area contributed by atoms with Gasteiger partial charge in [-0.15, -0.1) is 0 Å². The normalized spacial score (nSPS) is 10.6. The smallest absolute Gasteiger partial charge is 0.220 e. The number of fused-ring (bicyclic) bond motifs is 1. The van der Waals surface area contributed by atoms with Crippen LogP contribution in [0.2, 0.25) is 0 Å². The molecule has 0 saturated carbocycles. The van der Waals surface area contributed by atoms with Gasteiger partial charge in [-0.3, -0.25) is 0 Å². The second-order valence-electron chi connectivity index (χ2n) is 3.73. The van der Waals surface area contributed by atoms with Gasteiger partial charge in [0.2, 0.25) is 0 Å². The summed E-state index contributed by atoms with van der Waals surface area (Å²) in [5, 5.41) is 12.6. The summed E-state index contributed by atoms with van der Waals surface area (Å²) in [6, 6.07) is 5.20. The predicted molar refractivity (Wildman–Crippen MR) is 60.8 cm³/mol. The summed E-state index contributed by atoms with van der Waals surface area (Å²) in [6.45, 7) is 0. The average Bonchev–Trinajstić information content (AvgIpc) is 2.86. The van der Waals surface area contributed by atoms with Gasteiger partial charge in [-0.2, -0.15) is 19.9 Å². The molecule has 0 atom stereocenters. The number of nitriles is 1. The SMILES string of the molecule is N#Cc1c(F)cc(-c2ccnc3ncnn23)cc1F. The van der Waals surface area contributed by atoms with E-state index in [2.05, 4.69) is 15.1 Å². The third-order valence-corrected chi connectivity index (χ3v) is 2.63. The average molecular weight is 257 g/mol. The lowest BCUT2D eigenvalue weighted by atomic mass is 10.1. The largest absolute Gasteiger partial charge is 0.252 e. The van der Waals surface area contributed by atoms with Crippen molar-refractivity contribution in [3.05, 3.63) is 47.9 Å². The first-order chi connectivity index (χ1) is 9.20. The number of nitrogens with zero attached hydrogens (tertiary/aromatic N) is 5. The lowest BCUT2D eigenvalue weighted by molar-refractivity contribution is 0.577. The maximum Gasteiger partial charge on any atom is 0.252 e. The Labute approximate surface area is 105 Å². The molecule has 5 nitrogen and oxygen atoms in total. The molecule has 0 unspecified atom stereocenters. The van der Waals surface area contributed by atoms with Gasteiger partial charge in [-0.1, -0.05) is 0 Å². The van der Waals surface area contributed by atoms with Crippen molar-refractivity contribution in [1.82, 2.24) is 19.6 Å². The summed E-state index contributed by atoms with van der Waals surface area (Å²) in [5.41, 5.74) is 0.0873. The van der Waals surface area contributed by atoms with Crippen LogP contribution in [0.1, 0.15) is 5.56 Å². The molecule has 92 valence electrons. The second kappa shape index (κ2) is 4.10. The van der Waals surface area contributed by atoms with E-state index in [-0.39, 0.29) is 5.56 Å². The van der Waals surface area contributed by atoms with E-state index in [4.69, 9.17) is 5.26 Å². The third kappa shape index (κ3) is 1.70. The van der Waals surface area contributed by atoms with Crippen molar-refractivity contribution in [2.75, 3.05) is 0 Å². The molecule has 0 saturated heterocycles. The number of hydrogen-bond donors (Lipinski definition) is 0. The molecule has 2 heterocycles. The van der Waals surface area contributed by atoms with E-state index in [1.807, 2.05) is 0 Å². The van der Waals surface area contributed by atoms with Crippen LogP contribution < -0.4 is 0 Å². The van der Waals surface area contributed by atoms with Crippen molar-refractivity contribution in [3.63, 3.8) is 0 Å². The van der Waals surface area contributed by atoms with E-state index in [9.17, 15) is 8.78 Å². The van der Waals surface area contributed by atoms with Crippen LogP contribution in [0.15, 0.2) is 30.7 Å². The molecule has 0 aliphatic rings.